The van der Waals surface area contributed by atoms with Gasteiger partial charge in [0.1, 0.15) is 10.7 Å². The van der Waals surface area contributed by atoms with Crippen molar-refractivity contribution in [3.8, 4) is 0 Å². The molecule has 1 aromatic rings. The quantitative estimate of drug-likeness (QED) is 0.838. The lowest BCUT2D eigenvalue weighted by molar-refractivity contribution is 0.126. The van der Waals surface area contributed by atoms with Crippen LogP contribution in [0.1, 0.15) is 19.0 Å². The van der Waals surface area contributed by atoms with Crippen molar-refractivity contribution in [3.05, 3.63) is 5.69 Å². The summed E-state index contributed by atoms with van der Waals surface area (Å²) in [4.78, 5) is 4.92. The van der Waals surface area contributed by atoms with E-state index in [0.29, 0.717) is 0 Å². The van der Waals surface area contributed by atoms with Crippen molar-refractivity contribution in [2.45, 2.75) is 19.9 Å². The maximum Gasteiger partial charge on any atom is 0.132 e. The Hall–Kier alpha value is -0.720. The Morgan fingerprint density at radius 1 is 1.25 bits per heavy atom. The molecule has 0 aromatic carbocycles. The van der Waals surface area contributed by atoms with Crippen LogP contribution in [0.5, 0.6) is 0 Å². The van der Waals surface area contributed by atoms with E-state index in [1.54, 1.807) is 0 Å². The monoisotopic (exact) mass is 241 g/mol. The van der Waals surface area contributed by atoms with Gasteiger partial charge < -0.3 is 10.6 Å². The molecule has 1 fully saturated rings. The van der Waals surface area contributed by atoms with Gasteiger partial charge >= 0.3 is 0 Å². The molecule has 0 saturated carbocycles. The summed E-state index contributed by atoms with van der Waals surface area (Å²) in [6, 6.07) is 0. The van der Waals surface area contributed by atoms with Crippen LogP contribution in [0.25, 0.3) is 0 Å². The number of anilines is 1. The van der Waals surface area contributed by atoms with E-state index in [0.717, 1.165) is 43.4 Å². The van der Waals surface area contributed by atoms with Crippen LogP contribution in [0.2, 0.25) is 0 Å². The SMILES string of the molecule is CCCN1CCN(Cc2nnsc2N)CC1. The second kappa shape index (κ2) is 5.56. The van der Waals surface area contributed by atoms with E-state index >= 15 is 0 Å². The lowest BCUT2D eigenvalue weighted by atomic mass is 10.3. The van der Waals surface area contributed by atoms with E-state index in [9.17, 15) is 0 Å². The third-order valence-corrected chi connectivity index (χ3v) is 3.56. The summed E-state index contributed by atoms with van der Waals surface area (Å²) in [5, 5.41) is 4.81. The smallest absolute Gasteiger partial charge is 0.132 e. The maximum absolute atomic E-state index is 5.79. The number of piperazine rings is 1. The first kappa shape index (κ1) is 11.8. The normalized spacial score (nSPS) is 19.1. The molecule has 5 nitrogen and oxygen atoms in total. The highest BCUT2D eigenvalue weighted by Gasteiger charge is 2.17. The first-order valence-electron chi connectivity index (χ1n) is 5.81. The van der Waals surface area contributed by atoms with Gasteiger partial charge in [-0.05, 0) is 13.0 Å². The Labute approximate surface area is 100 Å². The summed E-state index contributed by atoms with van der Waals surface area (Å²) in [7, 11) is 0. The molecule has 0 spiro atoms. The van der Waals surface area contributed by atoms with Gasteiger partial charge in [-0.2, -0.15) is 0 Å². The number of hydrogen-bond donors (Lipinski definition) is 1. The summed E-state index contributed by atoms with van der Waals surface area (Å²) in [5.41, 5.74) is 6.73. The Balaban J connectivity index is 1.79. The fourth-order valence-corrected chi connectivity index (χ4v) is 2.46. The molecule has 1 saturated heterocycles. The Morgan fingerprint density at radius 2 is 1.94 bits per heavy atom. The minimum Gasteiger partial charge on any atom is -0.388 e. The van der Waals surface area contributed by atoms with Gasteiger partial charge in [0.05, 0.1) is 0 Å². The van der Waals surface area contributed by atoms with Crippen molar-refractivity contribution < 1.29 is 0 Å². The zero-order chi connectivity index (χ0) is 11.4. The Morgan fingerprint density at radius 3 is 2.50 bits per heavy atom. The Bertz CT molecular complexity index is 319. The van der Waals surface area contributed by atoms with E-state index in [-0.39, 0.29) is 0 Å². The minimum absolute atomic E-state index is 0.760. The largest absolute Gasteiger partial charge is 0.388 e. The van der Waals surface area contributed by atoms with Crippen LogP contribution in [-0.2, 0) is 6.54 Å². The zero-order valence-electron chi connectivity index (χ0n) is 9.72. The van der Waals surface area contributed by atoms with E-state index < -0.39 is 0 Å². The molecule has 1 aliphatic heterocycles. The van der Waals surface area contributed by atoms with E-state index in [4.69, 9.17) is 5.73 Å². The van der Waals surface area contributed by atoms with Gasteiger partial charge in [-0.25, -0.2) is 0 Å². The van der Waals surface area contributed by atoms with Crippen LogP contribution >= 0.6 is 11.5 Å². The summed E-state index contributed by atoms with van der Waals surface area (Å²) in [6.45, 7) is 8.83. The first-order chi connectivity index (χ1) is 7.79. The zero-order valence-corrected chi connectivity index (χ0v) is 10.5. The van der Waals surface area contributed by atoms with Gasteiger partial charge in [0.25, 0.3) is 0 Å². The fraction of sp³-hybridized carbons (Fsp3) is 0.800. The second-order valence-corrected chi connectivity index (χ2v) is 4.99. The van der Waals surface area contributed by atoms with Gasteiger partial charge in [0, 0.05) is 44.3 Å². The molecule has 16 heavy (non-hydrogen) atoms. The molecule has 1 aliphatic rings. The van der Waals surface area contributed by atoms with Crippen molar-refractivity contribution in [1.29, 1.82) is 0 Å². The molecule has 90 valence electrons. The number of aromatic nitrogens is 2. The number of hydrogen-bond acceptors (Lipinski definition) is 6. The second-order valence-electron chi connectivity index (χ2n) is 4.20. The van der Waals surface area contributed by atoms with Crippen LogP contribution < -0.4 is 5.73 Å². The van der Waals surface area contributed by atoms with Crippen molar-refractivity contribution in [1.82, 2.24) is 19.4 Å². The van der Waals surface area contributed by atoms with Crippen molar-refractivity contribution >= 4 is 16.5 Å². The molecule has 0 unspecified atom stereocenters. The first-order valence-corrected chi connectivity index (χ1v) is 6.58. The van der Waals surface area contributed by atoms with Crippen LogP contribution in [0.4, 0.5) is 5.00 Å². The van der Waals surface area contributed by atoms with Crippen LogP contribution in [0.3, 0.4) is 0 Å². The van der Waals surface area contributed by atoms with Gasteiger partial charge in [0.2, 0.25) is 0 Å². The standard InChI is InChI=1S/C10H19N5S/c1-2-3-14-4-6-15(7-5-14)8-9-10(11)16-13-12-9/h2-8,11H2,1H3. The van der Waals surface area contributed by atoms with Gasteiger partial charge in [-0.1, -0.05) is 11.4 Å². The third kappa shape index (κ3) is 2.90. The molecule has 2 N–H and O–H groups in total. The topological polar surface area (TPSA) is 58.3 Å². The number of rotatable bonds is 4. The molecular weight excluding hydrogens is 222 g/mol. The van der Waals surface area contributed by atoms with E-state index in [1.807, 2.05) is 0 Å². The number of nitrogen functional groups attached to an aromatic ring is 1. The van der Waals surface area contributed by atoms with Gasteiger partial charge in [0.15, 0.2) is 0 Å². The van der Waals surface area contributed by atoms with E-state index in [1.165, 1.54) is 24.5 Å². The molecule has 0 aliphatic carbocycles. The van der Waals surface area contributed by atoms with Crippen LogP contribution in [0, 0.1) is 0 Å². The molecule has 1 aromatic heterocycles. The molecule has 0 atom stereocenters. The molecule has 0 amide bonds. The average Bonchev–Trinajstić information content (AvgIpc) is 2.68. The highest BCUT2D eigenvalue weighted by molar-refractivity contribution is 7.09. The number of nitrogens with two attached hydrogens (primary N) is 1. The summed E-state index contributed by atoms with van der Waals surface area (Å²) >= 11 is 1.28. The lowest BCUT2D eigenvalue weighted by Crippen LogP contribution is -2.46. The summed E-state index contributed by atoms with van der Waals surface area (Å²) in [6.07, 6.45) is 1.24. The molecule has 0 bridgehead atoms. The highest BCUT2D eigenvalue weighted by Crippen LogP contribution is 2.15. The molecule has 2 heterocycles. The molecule has 0 radical (unpaired) electrons. The van der Waals surface area contributed by atoms with Crippen molar-refractivity contribution in [2.75, 3.05) is 38.5 Å². The fourth-order valence-electron chi connectivity index (χ4n) is 2.02. The average molecular weight is 241 g/mol. The number of nitrogens with zero attached hydrogens (tertiary/aromatic N) is 4. The lowest BCUT2D eigenvalue weighted by Gasteiger charge is -2.34. The molecule has 6 heteroatoms. The van der Waals surface area contributed by atoms with Gasteiger partial charge in [-0.3, -0.25) is 4.90 Å². The molecular formula is C10H19N5S. The Kier molecular flexibility index (Phi) is 4.09. The van der Waals surface area contributed by atoms with E-state index in [2.05, 4.69) is 26.3 Å². The maximum atomic E-state index is 5.79. The van der Waals surface area contributed by atoms with Crippen LogP contribution in [0.15, 0.2) is 0 Å². The predicted octanol–water partition coefficient (Wildman–Crippen LogP) is 0.648. The van der Waals surface area contributed by atoms with Crippen LogP contribution in [-0.4, -0.2) is 52.1 Å². The minimum atomic E-state index is 0.760. The van der Waals surface area contributed by atoms with Crippen molar-refractivity contribution in [3.63, 3.8) is 0 Å². The molecule has 2 rings (SSSR count). The summed E-state index contributed by atoms with van der Waals surface area (Å²) in [5.74, 6) is 0. The predicted molar refractivity (Wildman–Crippen MR) is 66.3 cm³/mol. The third-order valence-electron chi connectivity index (χ3n) is 2.96. The van der Waals surface area contributed by atoms with Crippen molar-refractivity contribution in [2.24, 2.45) is 0 Å². The summed E-state index contributed by atoms with van der Waals surface area (Å²) < 4.78 is 3.86. The van der Waals surface area contributed by atoms with Gasteiger partial charge in [-0.15, -0.1) is 5.10 Å². The highest BCUT2D eigenvalue weighted by atomic mass is 32.1.